The molecule has 0 bridgehead atoms. The number of carbonyl (C=O) groups excluding carboxylic acids is 1. The van der Waals surface area contributed by atoms with Gasteiger partial charge in [-0.3, -0.25) is 4.79 Å². The van der Waals surface area contributed by atoms with Crippen molar-refractivity contribution in [3.05, 3.63) is 35.1 Å². The minimum Gasteiger partial charge on any atom is -0.338 e. The van der Waals surface area contributed by atoms with Gasteiger partial charge >= 0.3 is 0 Å². The van der Waals surface area contributed by atoms with Crippen LogP contribution in [-0.2, 0) is 11.3 Å². The van der Waals surface area contributed by atoms with Gasteiger partial charge in [-0.05, 0) is 23.6 Å². The van der Waals surface area contributed by atoms with E-state index in [2.05, 4.69) is 18.8 Å². The predicted octanol–water partition coefficient (Wildman–Crippen LogP) is 1.89. The van der Waals surface area contributed by atoms with Crippen molar-refractivity contribution in [1.82, 2.24) is 4.90 Å². The molecule has 1 heterocycles. The van der Waals surface area contributed by atoms with Gasteiger partial charge < -0.3 is 10.6 Å². The smallest absolute Gasteiger partial charge is 0.223 e. The zero-order chi connectivity index (χ0) is 14.5. The Morgan fingerprint density at radius 2 is 2.30 bits per heavy atom. The minimum absolute atomic E-state index is 0.166. The zero-order valence-corrected chi connectivity index (χ0v) is 11.7. The third-order valence-corrected chi connectivity index (χ3v) is 3.63. The van der Waals surface area contributed by atoms with Crippen LogP contribution in [-0.4, -0.2) is 23.9 Å². The summed E-state index contributed by atoms with van der Waals surface area (Å²) >= 11 is 0. The van der Waals surface area contributed by atoms with E-state index in [4.69, 9.17) is 5.73 Å². The number of amides is 1. The molecule has 106 valence electrons. The lowest BCUT2D eigenvalue weighted by Gasteiger charge is -2.17. The van der Waals surface area contributed by atoms with E-state index in [-0.39, 0.29) is 18.3 Å². The number of carbonyl (C=O) groups is 1. The second kappa shape index (κ2) is 6.53. The molecule has 20 heavy (non-hydrogen) atoms. The van der Waals surface area contributed by atoms with Gasteiger partial charge in [0.1, 0.15) is 5.82 Å². The first-order valence-corrected chi connectivity index (χ1v) is 6.89. The molecular weight excluding hydrogens is 255 g/mol. The van der Waals surface area contributed by atoms with Crippen LogP contribution in [0.4, 0.5) is 4.39 Å². The molecule has 0 radical (unpaired) electrons. The second-order valence-electron chi connectivity index (χ2n) is 5.06. The van der Waals surface area contributed by atoms with Crippen LogP contribution in [0.2, 0.25) is 0 Å². The molecule has 0 spiro atoms. The van der Waals surface area contributed by atoms with Crippen LogP contribution in [0.25, 0.3) is 0 Å². The Labute approximate surface area is 119 Å². The molecule has 2 N–H and O–H groups in total. The summed E-state index contributed by atoms with van der Waals surface area (Å²) in [6.07, 6.45) is 1.62. The summed E-state index contributed by atoms with van der Waals surface area (Å²) in [6, 6.07) is 4.50. The van der Waals surface area contributed by atoms with Gasteiger partial charge in [-0.25, -0.2) is 4.39 Å². The fourth-order valence-corrected chi connectivity index (χ4v) is 2.44. The summed E-state index contributed by atoms with van der Waals surface area (Å²) in [5.41, 5.74) is 6.84. The number of benzene rings is 1. The number of nitrogens with zero attached hydrogens (tertiary/aromatic N) is 1. The number of hydrogen-bond acceptors (Lipinski definition) is 2. The standard InChI is InChI=1S/C16H19FN2O/c1-2-12-8-16(20)19(10-12)11-14-5-6-15(17)9-13(14)4-3-7-18/h5-6,9,12H,2,7-8,10-11,18H2,1H3. The molecule has 4 heteroatoms. The number of rotatable bonds is 3. The molecule has 1 saturated heterocycles. The molecule has 1 amide bonds. The molecule has 0 aromatic heterocycles. The molecule has 3 nitrogen and oxygen atoms in total. The van der Waals surface area contributed by atoms with E-state index in [1.165, 1.54) is 12.1 Å². The first-order chi connectivity index (χ1) is 9.63. The molecule has 1 aliphatic rings. The summed E-state index contributed by atoms with van der Waals surface area (Å²) in [5, 5.41) is 0. The summed E-state index contributed by atoms with van der Waals surface area (Å²) < 4.78 is 13.3. The monoisotopic (exact) mass is 274 g/mol. The van der Waals surface area contributed by atoms with Crippen LogP contribution in [0.5, 0.6) is 0 Å². The molecule has 0 saturated carbocycles. The van der Waals surface area contributed by atoms with Gasteiger partial charge in [0, 0.05) is 25.1 Å². The highest BCUT2D eigenvalue weighted by molar-refractivity contribution is 5.78. The highest BCUT2D eigenvalue weighted by Crippen LogP contribution is 2.23. The molecule has 1 fully saturated rings. The van der Waals surface area contributed by atoms with E-state index in [9.17, 15) is 9.18 Å². The van der Waals surface area contributed by atoms with Crippen molar-refractivity contribution in [1.29, 1.82) is 0 Å². The quantitative estimate of drug-likeness (QED) is 0.856. The first kappa shape index (κ1) is 14.5. The van der Waals surface area contributed by atoms with Crippen molar-refractivity contribution >= 4 is 5.91 Å². The van der Waals surface area contributed by atoms with Crippen molar-refractivity contribution in [2.75, 3.05) is 13.1 Å². The number of hydrogen-bond donors (Lipinski definition) is 1. The van der Waals surface area contributed by atoms with Crippen LogP contribution in [0.3, 0.4) is 0 Å². The van der Waals surface area contributed by atoms with E-state index in [1.807, 2.05) is 4.90 Å². The summed E-state index contributed by atoms with van der Waals surface area (Å²) in [5.74, 6) is 5.88. The van der Waals surface area contributed by atoms with Crippen molar-refractivity contribution in [3.63, 3.8) is 0 Å². The summed E-state index contributed by atoms with van der Waals surface area (Å²) in [7, 11) is 0. The van der Waals surface area contributed by atoms with Crippen LogP contribution >= 0.6 is 0 Å². The van der Waals surface area contributed by atoms with Gasteiger partial charge in [-0.2, -0.15) is 0 Å². The molecular formula is C16H19FN2O. The van der Waals surface area contributed by atoms with Gasteiger partial charge in [-0.1, -0.05) is 31.3 Å². The Bertz CT molecular complexity index is 559. The third-order valence-electron chi connectivity index (χ3n) is 3.63. The third kappa shape index (κ3) is 3.37. The highest BCUT2D eigenvalue weighted by Gasteiger charge is 2.28. The predicted molar refractivity (Wildman–Crippen MR) is 76.1 cm³/mol. The molecule has 1 aromatic rings. The molecule has 1 aliphatic heterocycles. The topological polar surface area (TPSA) is 46.3 Å². The van der Waals surface area contributed by atoms with E-state index >= 15 is 0 Å². The van der Waals surface area contributed by atoms with Gasteiger partial charge in [0.05, 0.1) is 6.54 Å². The second-order valence-corrected chi connectivity index (χ2v) is 5.06. The largest absolute Gasteiger partial charge is 0.338 e. The lowest BCUT2D eigenvalue weighted by atomic mass is 10.1. The summed E-state index contributed by atoms with van der Waals surface area (Å²) in [4.78, 5) is 13.8. The van der Waals surface area contributed by atoms with Crippen molar-refractivity contribution < 1.29 is 9.18 Å². The van der Waals surface area contributed by atoms with E-state index in [0.717, 1.165) is 18.5 Å². The van der Waals surface area contributed by atoms with Gasteiger partial charge in [0.25, 0.3) is 0 Å². The maximum absolute atomic E-state index is 13.3. The number of nitrogens with two attached hydrogens (primary N) is 1. The number of likely N-dealkylation sites (tertiary alicyclic amines) is 1. The fourth-order valence-electron chi connectivity index (χ4n) is 2.44. The maximum atomic E-state index is 13.3. The SMILES string of the molecule is CCC1CC(=O)N(Cc2ccc(F)cc2C#CCN)C1. The first-order valence-electron chi connectivity index (χ1n) is 6.89. The normalized spacial score (nSPS) is 18.1. The van der Waals surface area contributed by atoms with Gasteiger partial charge in [-0.15, -0.1) is 0 Å². The van der Waals surface area contributed by atoms with E-state index in [0.29, 0.717) is 24.4 Å². The molecule has 1 aromatic carbocycles. The Kier molecular flexibility index (Phi) is 4.75. The minimum atomic E-state index is -0.325. The van der Waals surface area contributed by atoms with Crippen molar-refractivity contribution in [2.24, 2.45) is 11.7 Å². The van der Waals surface area contributed by atoms with Gasteiger partial charge in [0.15, 0.2) is 0 Å². The van der Waals surface area contributed by atoms with Crippen LogP contribution in [0.1, 0.15) is 30.9 Å². The summed E-state index contributed by atoms with van der Waals surface area (Å²) in [6.45, 7) is 3.59. The van der Waals surface area contributed by atoms with Crippen molar-refractivity contribution in [2.45, 2.75) is 26.3 Å². The molecule has 1 unspecified atom stereocenters. The Morgan fingerprint density at radius 3 is 2.95 bits per heavy atom. The number of halogens is 1. The Balaban J connectivity index is 2.19. The Morgan fingerprint density at radius 1 is 1.50 bits per heavy atom. The van der Waals surface area contributed by atoms with E-state index < -0.39 is 0 Å². The lowest BCUT2D eigenvalue weighted by Crippen LogP contribution is -2.25. The average Bonchev–Trinajstić information content (AvgIpc) is 2.79. The molecule has 0 aliphatic carbocycles. The zero-order valence-electron chi connectivity index (χ0n) is 11.7. The van der Waals surface area contributed by atoms with Crippen LogP contribution in [0, 0.1) is 23.6 Å². The van der Waals surface area contributed by atoms with Crippen LogP contribution < -0.4 is 5.73 Å². The van der Waals surface area contributed by atoms with Crippen molar-refractivity contribution in [3.8, 4) is 11.8 Å². The lowest BCUT2D eigenvalue weighted by molar-refractivity contribution is -0.128. The highest BCUT2D eigenvalue weighted by atomic mass is 19.1. The average molecular weight is 274 g/mol. The van der Waals surface area contributed by atoms with E-state index in [1.54, 1.807) is 6.07 Å². The molecule has 2 rings (SSSR count). The molecule has 1 atom stereocenters. The maximum Gasteiger partial charge on any atom is 0.223 e. The van der Waals surface area contributed by atoms with Crippen LogP contribution in [0.15, 0.2) is 18.2 Å². The Hall–Kier alpha value is -1.86. The van der Waals surface area contributed by atoms with Gasteiger partial charge in [0.2, 0.25) is 5.91 Å². The fraction of sp³-hybridized carbons (Fsp3) is 0.438.